The van der Waals surface area contributed by atoms with Crippen molar-refractivity contribution in [1.29, 1.82) is 0 Å². The predicted molar refractivity (Wildman–Crippen MR) is 87.0 cm³/mol. The number of aromatic nitrogens is 4. The Kier molecular flexibility index (Phi) is 4.97. The van der Waals surface area contributed by atoms with Crippen LogP contribution in [0.15, 0.2) is 55.0 Å². The Morgan fingerprint density at radius 2 is 1.80 bits per heavy atom. The van der Waals surface area contributed by atoms with Crippen LogP contribution in [0, 0.1) is 0 Å². The zero-order chi connectivity index (χ0) is 17.7. The summed E-state index contributed by atoms with van der Waals surface area (Å²) in [6, 6.07) is 10.8. The van der Waals surface area contributed by atoms with Gasteiger partial charge in [-0.3, -0.25) is 0 Å². The number of nitrogens with zero attached hydrogens (tertiary/aromatic N) is 4. The van der Waals surface area contributed by atoms with Gasteiger partial charge in [0.1, 0.15) is 11.5 Å². The molecule has 0 spiro atoms. The first-order valence-electron chi connectivity index (χ1n) is 7.70. The first-order valence-corrected chi connectivity index (χ1v) is 7.70. The molecule has 0 unspecified atom stereocenters. The van der Waals surface area contributed by atoms with Crippen LogP contribution in [-0.4, -0.2) is 26.1 Å². The van der Waals surface area contributed by atoms with E-state index in [0.29, 0.717) is 19.5 Å². The van der Waals surface area contributed by atoms with Crippen molar-refractivity contribution in [2.75, 3.05) is 11.9 Å². The van der Waals surface area contributed by atoms with E-state index in [1.54, 1.807) is 6.20 Å². The molecule has 3 aromatic rings. The third kappa shape index (κ3) is 4.56. The molecular formula is C17H16F3N5. The largest absolute Gasteiger partial charge is 0.433 e. The normalized spacial score (nSPS) is 11.5. The van der Waals surface area contributed by atoms with Crippen LogP contribution in [0.4, 0.5) is 19.1 Å². The highest BCUT2D eigenvalue weighted by Gasteiger charge is 2.32. The summed E-state index contributed by atoms with van der Waals surface area (Å²) >= 11 is 0. The number of benzene rings is 1. The maximum absolute atomic E-state index is 12.6. The molecule has 0 aliphatic rings. The summed E-state index contributed by atoms with van der Waals surface area (Å²) in [5.41, 5.74) is 0.187. The summed E-state index contributed by atoms with van der Waals surface area (Å²) in [5.74, 6) is 0.791. The zero-order valence-electron chi connectivity index (χ0n) is 13.2. The molecule has 1 aromatic carbocycles. The second-order valence-electron chi connectivity index (χ2n) is 5.40. The minimum absolute atomic E-state index is 0.0454. The Hall–Kier alpha value is -2.90. The fourth-order valence-corrected chi connectivity index (χ4v) is 2.38. The van der Waals surface area contributed by atoms with E-state index in [0.717, 1.165) is 23.7 Å². The topological polar surface area (TPSA) is 55.6 Å². The van der Waals surface area contributed by atoms with Crippen LogP contribution in [0.2, 0.25) is 0 Å². The molecule has 2 heterocycles. The highest BCUT2D eigenvalue weighted by Crippen LogP contribution is 2.27. The Labute approximate surface area is 142 Å². The summed E-state index contributed by atoms with van der Waals surface area (Å²) in [6.07, 6.45) is 0.738. The predicted octanol–water partition coefficient (Wildman–Crippen LogP) is 3.39. The van der Waals surface area contributed by atoms with Gasteiger partial charge in [0.15, 0.2) is 0 Å². The molecule has 0 fully saturated rings. The van der Waals surface area contributed by atoms with Gasteiger partial charge in [0.2, 0.25) is 5.95 Å². The fraction of sp³-hybridized carbons (Fsp3) is 0.235. The van der Waals surface area contributed by atoms with E-state index in [1.807, 2.05) is 41.1 Å². The van der Waals surface area contributed by atoms with Gasteiger partial charge < -0.3 is 9.88 Å². The number of halogens is 3. The van der Waals surface area contributed by atoms with Crippen molar-refractivity contribution in [1.82, 2.24) is 19.5 Å². The van der Waals surface area contributed by atoms with Gasteiger partial charge in [-0.25, -0.2) is 15.0 Å². The molecule has 0 bridgehead atoms. The molecule has 3 rings (SSSR count). The summed E-state index contributed by atoms with van der Waals surface area (Å²) < 4.78 is 39.9. The molecule has 2 aromatic heterocycles. The third-order valence-corrected chi connectivity index (χ3v) is 3.58. The van der Waals surface area contributed by atoms with Crippen molar-refractivity contribution in [3.8, 4) is 0 Å². The van der Waals surface area contributed by atoms with Gasteiger partial charge in [-0.15, -0.1) is 0 Å². The average Bonchev–Trinajstić information content (AvgIpc) is 3.02. The van der Waals surface area contributed by atoms with Crippen LogP contribution >= 0.6 is 0 Å². The first kappa shape index (κ1) is 16.9. The van der Waals surface area contributed by atoms with Crippen molar-refractivity contribution in [3.63, 3.8) is 0 Å². The molecule has 0 saturated carbocycles. The van der Waals surface area contributed by atoms with Gasteiger partial charge >= 0.3 is 6.18 Å². The van der Waals surface area contributed by atoms with Crippen molar-refractivity contribution >= 4 is 5.95 Å². The maximum atomic E-state index is 12.6. The van der Waals surface area contributed by atoms with E-state index >= 15 is 0 Å². The second kappa shape index (κ2) is 7.33. The molecule has 0 saturated heterocycles. The lowest BCUT2D eigenvalue weighted by molar-refractivity contribution is -0.141. The molecule has 130 valence electrons. The minimum atomic E-state index is -4.48. The molecular weight excluding hydrogens is 331 g/mol. The quantitative estimate of drug-likeness (QED) is 0.743. The Morgan fingerprint density at radius 1 is 1.00 bits per heavy atom. The van der Waals surface area contributed by atoms with E-state index in [2.05, 4.69) is 20.3 Å². The van der Waals surface area contributed by atoms with Crippen LogP contribution in [0.3, 0.4) is 0 Å². The fourth-order valence-electron chi connectivity index (χ4n) is 2.38. The van der Waals surface area contributed by atoms with E-state index in [-0.39, 0.29) is 5.95 Å². The number of hydrogen-bond donors (Lipinski definition) is 1. The van der Waals surface area contributed by atoms with E-state index in [1.165, 1.54) is 0 Å². The Morgan fingerprint density at radius 3 is 2.56 bits per heavy atom. The smallest absolute Gasteiger partial charge is 0.354 e. The number of nitrogens with one attached hydrogen (secondary N) is 1. The molecule has 0 radical (unpaired) electrons. The number of imidazole rings is 1. The van der Waals surface area contributed by atoms with Crippen LogP contribution in [0.1, 0.15) is 17.1 Å². The van der Waals surface area contributed by atoms with Gasteiger partial charge in [0.25, 0.3) is 0 Å². The third-order valence-electron chi connectivity index (χ3n) is 3.58. The van der Waals surface area contributed by atoms with Gasteiger partial charge in [0, 0.05) is 38.1 Å². The van der Waals surface area contributed by atoms with Crippen molar-refractivity contribution in [3.05, 3.63) is 72.1 Å². The summed E-state index contributed by atoms with van der Waals surface area (Å²) in [5, 5.41) is 2.81. The van der Waals surface area contributed by atoms with E-state index < -0.39 is 11.9 Å². The Balaban J connectivity index is 1.59. The molecule has 0 amide bonds. The monoisotopic (exact) mass is 347 g/mol. The molecule has 8 heteroatoms. The average molecular weight is 347 g/mol. The minimum Gasteiger partial charge on any atom is -0.354 e. The van der Waals surface area contributed by atoms with Crippen LogP contribution in [0.5, 0.6) is 0 Å². The molecule has 0 atom stereocenters. The first-order chi connectivity index (χ1) is 12.0. The van der Waals surface area contributed by atoms with Crippen LogP contribution in [-0.2, 0) is 19.1 Å². The lowest BCUT2D eigenvalue weighted by atomic mass is 10.2. The summed E-state index contributed by atoms with van der Waals surface area (Å²) in [4.78, 5) is 11.6. The molecule has 5 nitrogen and oxygen atoms in total. The number of alkyl halides is 3. The van der Waals surface area contributed by atoms with Gasteiger partial charge in [-0.2, -0.15) is 13.2 Å². The molecule has 25 heavy (non-hydrogen) atoms. The van der Waals surface area contributed by atoms with Crippen molar-refractivity contribution in [2.24, 2.45) is 0 Å². The van der Waals surface area contributed by atoms with Crippen LogP contribution in [0.25, 0.3) is 0 Å². The van der Waals surface area contributed by atoms with Crippen LogP contribution < -0.4 is 5.32 Å². The lowest BCUT2D eigenvalue weighted by Gasteiger charge is -2.10. The number of anilines is 1. The van der Waals surface area contributed by atoms with Gasteiger partial charge in [-0.1, -0.05) is 30.3 Å². The van der Waals surface area contributed by atoms with Crippen molar-refractivity contribution < 1.29 is 13.2 Å². The molecule has 0 aliphatic carbocycles. The zero-order valence-corrected chi connectivity index (χ0v) is 13.2. The second-order valence-corrected chi connectivity index (χ2v) is 5.40. The number of hydrogen-bond acceptors (Lipinski definition) is 4. The SMILES string of the molecule is FC(F)(F)c1ccnc(NCCc2nccn2Cc2ccccc2)n1. The van der Waals surface area contributed by atoms with Gasteiger partial charge in [0.05, 0.1) is 0 Å². The molecule has 0 aliphatic heterocycles. The number of rotatable bonds is 6. The Bertz CT molecular complexity index is 814. The maximum Gasteiger partial charge on any atom is 0.433 e. The van der Waals surface area contributed by atoms with Gasteiger partial charge in [-0.05, 0) is 11.6 Å². The highest BCUT2D eigenvalue weighted by atomic mass is 19.4. The summed E-state index contributed by atoms with van der Waals surface area (Å²) in [7, 11) is 0. The van der Waals surface area contributed by atoms with Crippen molar-refractivity contribution in [2.45, 2.75) is 19.1 Å². The lowest BCUT2D eigenvalue weighted by Crippen LogP contribution is -2.14. The molecule has 1 N–H and O–H groups in total. The standard InChI is InChI=1S/C17H16F3N5/c18-17(19,20)14-6-8-22-16(24-14)23-9-7-15-21-10-11-25(15)12-13-4-2-1-3-5-13/h1-6,8,10-11H,7,9,12H2,(H,22,23,24). The van der Waals surface area contributed by atoms with E-state index in [4.69, 9.17) is 0 Å². The van der Waals surface area contributed by atoms with E-state index in [9.17, 15) is 13.2 Å². The highest BCUT2D eigenvalue weighted by molar-refractivity contribution is 5.26. The summed E-state index contributed by atoms with van der Waals surface area (Å²) in [6.45, 7) is 1.07.